The smallest absolute Gasteiger partial charge is 0.262 e. The van der Waals surface area contributed by atoms with Crippen molar-refractivity contribution in [3.05, 3.63) is 83.9 Å². The Labute approximate surface area is 159 Å². The maximum absolute atomic E-state index is 12.7. The lowest BCUT2D eigenvalue weighted by molar-refractivity contribution is 0.354. The van der Waals surface area contributed by atoms with E-state index in [0.29, 0.717) is 17.2 Å². The number of methoxy groups -OCH3 is 2. The van der Waals surface area contributed by atoms with Gasteiger partial charge in [-0.3, -0.25) is 4.72 Å². The fraction of sp³-hybridized carbons (Fsp3) is 0.143. The van der Waals surface area contributed by atoms with E-state index in [1.807, 2.05) is 48.5 Å². The van der Waals surface area contributed by atoms with Crippen LogP contribution in [-0.2, 0) is 16.4 Å². The van der Waals surface area contributed by atoms with Gasteiger partial charge in [-0.15, -0.1) is 0 Å². The molecule has 3 rings (SSSR count). The second kappa shape index (κ2) is 8.14. The van der Waals surface area contributed by atoms with E-state index in [1.54, 1.807) is 12.1 Å². The second-order valence-corrected chi connectivity index (χ2v) is 7.67. The molecule has 27 heavy (non-hydrogen) atoms. The predicted octanol–water partition coefficient (Wildman–Crippen LogP) is 4.10. The van der Waals surface area contributed by atoms with E-state index in [1.165, 1.54) is 26.4 Å². The molecule has 0 saturated carbocycles. The molecule has 0 spiro atoms. The number of anilines is 1. The van der Waals surface area contributed by atoms with Crippen molar-refractivity contribution in [2.75, 3.05) is 18.9 Å². The summed E-state index contributed by atoms with van der Waals surface area (Å²) in [7, 11) is -0.777. The zero-order valence-corrected chi connectivity index (χ0v) is 16.0. The van der Waals surface area contributed by atoms with Crippen LogP contribution in [0.2, 0.25) is 0 Å². The summed E-state index contributed by atoms with van der Waals surface area (Å²) in [5, 5.41) is 0. The van der Waals surface area contributed by atoms with E-state index in [9.17, 15) is 8.42 Å². The predicted molar refractivity (Wildman–Crippen MR) is 106 cm³/mol. The van der Waals surface area contributed by atoms with E-state index in [0.717, 1.165) is 17.5 Å². The number of benzene rings is 3. The van der Waals surface area contributed by atoms with Gasteiger partial charge >= 0.3 is 0 Å². The van der Waals surface area contributed by atoms with Crippen LogP contribution >= 0.6 is 0 Å². The molecule has 5 nitrogen and oxygen atoms in total. The van der Waals surface area contributed by atoms with Crippen molar-refractivity contribution in [1.82, 2.24) is 0 Å². The van der Waals surface area contributed by atoms with E-state index < -0.39 is 10.0 Å². The van der Waals surface area contributed by atoms with Gasteiger partial charge < -0.3 is 9.47 Å². The fourth-order valence-corrected chi connectivity index (χ4v) is 3.84. The lowest BCUT2D eigenvalue weighted by Gasteiger charge is -2.12. The summed E-state index contributed by atoms with van der Waals surface area (Å²) in [6, 6.07) is 21.9. The normalized spacial score (nSPS) is 11.0. The van der Waals surface area contributed by atoms with Crippen LogP contribution in [0.4, 0.5) is 5.69 Å². The van der Waals surface area contributed by atoms with Crippen LogP contribution in [0.5, 0.6) is 11.5 Å². The van der Waals surface area contributed by atoms with E-state index in [2.05, 4.69) is 4.72 Å². The number of hydrogen-bond donors (Lipinski definition) is 1. The minimum absolute atomic E-state index is 0.105. The minimum Gasteiger partial charge on any atom is -0.493 e. The standard InChI is InChI=1S/C21H21NO4S/c1-25-20-12-11-19(15-21(20)26-2)27(23,24)22-18-10-6-9-17(14-18)13-16-7-4-3-5-8-16/h3-12,14-15,22H,13H2,1-2H3. The van der Waals surface area contributed by atoms with Gasteiger partial charge in [-0.25, -0.2) is 8.42 Å². The molecular weight excluding hydrogens is 362 g/mol. The molecule has 0 aromatic heterocycles. The highest BCUT2D eigenvalue weighted by Crippen LogP contribution is 2.30. The van der Waals surface area contributed by atoms with Crippen LogP contribution in [0.1, 0.15) is 11.1 Å². The Bertz CT molecular complexity index is 1020. The van der Waals surface area contributed by atoms with Gasteiger partial charge in [0.05, 0.1) is 19.1 Å². The largest absolute Gasteiger partial charge is 0.493 e. The molecule has 3 aromatic rings. The van der Waals surface area contributed by atoms with Crippen molar-refractivity contribution in [1.29, 1.82) is 0 Å². The first-order chi connectivity index (χ1) is 13.0. The Balaban J connectivity index is 1.83. The number of ether oxygens (including phenoxy) is 2. The van der Waals surface area contributed by atoms with Crippen molar-refractivity contribution in [3.63, 3.8) is 0 Å². The lowest BCUT2D eigenvalue weighted by atomic mass is 10.0. The first-order valence-electron chi connectivity index (χ1n) is 8.39. The molecule has 0 atom stereocenters. The summed E-state index contributed by atoms with van der Waals surface area (Å²) in [5.41, 5.74) is 2.70. The van der Waals surface area contributed by atoms with Gasteiger partial charge in [-0.1, -0.05) is 42.5 Å². The molecule has 1 N–H and O–H groups in total. The molecule has 140 valence electrons. The van der Waals surface area contributed by atoms with Gasteiger partial charge in [0.1, 0.15) is 0 Å². The Morgan fingerprint density at radius 3 is 2.19 bits per heavy atom. The summed E-state index contributed by atoms with van der Waals surface area (Å²) >= 11 is 0. The van der Waals surface area contributed by atoms with Crippen LogP contribution in [0.25, 0.3) is 0 Å². The molecule has 0 unspecified atom stereocenters. The molecule has 0 aliphatic rings. The van der Waals surface area contributed by atoms with Gasteiger partial charge in [0.15, 0.2) is 11.5 Å². The Kier molecular flexibility index (Phi) is 5.66. The summed E-state index contributed by atoms with van der Waals surface area (Å²) in [4.78, 5) is 0.105. The van der Waals surface area contributed by atoms with Crippen LogP contribution in [-0.4, -0.2) is 22.6 Å². The Hall–Kier alpha value is -2.99. The Morgan fingerprint density at radius 2 is 1.48 bits per heavy atom. The molecule has 0 aliphatic carbocycles. The lowest BCUT2D eigenvalue weighted by Crippen LogP contribution is -2.13. The average Bonchev–Trinajstić information content (AvgIpc) is 2.68. The molecule has 0 saturated heterocycles. The summed E-state index contributed by atoms with van der Waals surface area (Å²) in [6.45, 7) is 0. The van der Waals surface area contributed by atoms with Gasteiger partial charge in [0, 0.05) is 11.8 Å². The van der Waals surface area contributed by atoms with Crippen LogP contribution in [0, 0.1) is 0 Å². The van der Waals surface area contributed by atoms with Crippen LogP contribution in [0.15, 0.2) is 77.7 Å². The third kappa shape index (κ3) is 4.60. The van der Waals surface area contributed by atoms with Crippen molar-refractivity contribution in [2.45, 2.75) is 11.3 Å². The number of sulfonamides is 1. The Morgan fingerprint density at radius 1 is 0.778 bits per heavy atom. The summed E-state index contributed by atoms with van der Waals surface area (Å²) in [6.07, 6.45) is 0.729. The zero-order chi connectivity index (χ0) is 19.3. The molecule has 3 aromatic carbocycles. The van der Waals surface area contributed by atoms with Gasteiger partial charge in [-0.05, 0) is 41.8 Å². The monoisotopic (exact) mass is 383 g/mol. The van der Waals surface area contributed by atoms with Crippen LogP contribution < -0.4 is 14.2 Å². The maximum Gasteiger partial charge on any atom is 0.262 e. The summed E-state index contributed by atoms with van der Waals surface area (Å²) in [5.74, 6) is 0.833. The van der Waals surface area contributed by atoms with Gasteiger partial charge in [0.25, 0.3) is 10.0 Å². The quantitative estimate of drug-likeness (QED) is 0.667. The topological polar surface area (TPSA) is 64.6 Å². The first-order valence-corrected chi connectivity index (χ1v) is 9.88. The van der Waals surface area contributed by atoms with E-state index in [-0.39, 0.29) is 4.90 Å². The highest BCUT2D eigenvalue weighted by Gasteiger charge is 2.17. The molecule has 0 heterocycles. The zero-order valence-electron chi connectivity index (χ0n) is 15.2. The third-order valence-corrected chi connectivity index (χ3v) is 5.47. The number of hydrogen-bond acceptors (Lipinski definition) is 4. The molecule has 0 amide bonds. The highest BCUT2D eigenvalue weighted by molar-refractivity contribution is 7.92. The van der Waals surface area contributed by atoms with E-state index >= 15 is 0 Å². The first kappa shape index (κ1) is 18.8. The molecular formula is C21H21NO4S. The van der Waals surface area contributed by atoms with Crippen molar-refractivity contribution in [3.8, 4) is 11.5 Å². The molecule has 0 bridgehead atoms. The van der Waals surface area contributed by atoms with Gasteiger partial charge in [0.2, 0.25) is 0 Å². The highest BCUT2D eigenvalue weighted by atomic mass is 32.2. The molecule has 0 aliphatic heterocycles. The SMILES string of the molecule is COc1ccc(S(=O)(=O)Nc2cccc(Cc3ccccc3)c2)cc1OC. The molecule has 6 heteroatoms. The number of rotatable bonds is 7. The van der Waals surface area contributed by atoms with Gasteiger partial charge in [-0.2, -0.15) is 0 Å². The van der Waals surface area contributed by atoms with E-state index in [4.69, 9.17) is 9.47 Å². The van der Waals surface area contributed by atoms with Crippen LogP contribution in [0.3, 0.4) is 0 Å². The molecule has 0 fully saturated rings. The minimum atomic E-state index is -3.75. The van der Waals surface area contributed by atoms with Crippen molar-refractivity contribution in [2.24, 2.45) is 0 Å². The summed E-state index contributed by atoms with van der Waals surface area (Å²) < 4.78 is 38.4. The molecule has 0 radical (unpaired) electrons. The third-order valence-electron chi connectivity index (χ3n) is 4.10. The second-order valence-electron chi connectivity index (χ2n) is 5.99. The maximum atomic E-state index is 12.7. The fourth-order valence-electron chi connectivity index (χ4n) is 2.77. The average molecular weight is 383 g/mol. The van der Waals surface area contributed by atoms with Crippen molar-refractivity contribution < 1.29 is 17.9 Å². The number of nitrogens with one attached hydrogen (secondary N) is 1. The van der Waals surface area contributed by atoms with Crippen molar-refractivity contribution >= 4 is 15.7 Å².